The Hall–Kier alpha value is -0.430. The molecule has 0 bridgehead atoms. The van der Waals surface area contributed by atoms with Crippen molar-refractivity contribution in [3.8, 4) is 0 Å². The Morgan fingerprint density at radius 1 is 1.17 bits per heavy atom. The van der Waals surface area contributed by atoms with E-state index in [1.807, 2.05) is 5.41 Å². The highest BCUT2D eigenvalue weighted by molar-refractivity contribution is 7.83. The quantitative estimate of drug-likeness (QED) is 0.483. The molecule has 0 saturated carbocycles. The maximum absolute atomic E-state index is 4.01. The van der Waals surface area contributed by atoms with Gasteiger partial charge in [0.15, 0.2) is 0 Å². The molecule has 0 unspecified atom stereocenters. The average Bonchev–Trinajstić information content (AvgIpc) is 2.57. The molecule has 66 valence electrons. The Bertz CT molecular complexity index is 177. The predicted octanol–water partition coefficient (Wildman–Crippen LogP) is 3.73. The van der Waals surface area contributed by atoms with Gasteiger partial charge in [-0.2, -0.15) is 12.6 Å². The first-order chi connectivity index (χ1) is 5.93. The zero-order valence-electron chi connectivity index (χ0n) is 7.32. The molecule has 0 N–H and O–H groups in total. The van der Waals surface area contributed by atoms with Crippen LogP contribution in [0.4, 0.5) is 0 Å². The fourth-order valence-electron chi connectivity index (χ4n) is 1.39. The molecule has 1 heteroatoms. The van der Waals surface area contributed by atoms with E-state index in [1.165, 1.54) is 25.7 Å². The number of thiol groups is 1. The Morgan fingerprint density at radius 3 is 2.58 bits per heavy atom. The maximum atomic E-state index is 4.01. The summed E-state index contributed by atoms with van der Waals surface area (Å²) in [4.78, 5) is 0. The molecule has 0 aliphatic heterocycles. The molecular formula is C11H16S. The van der Waals surface area contributed by atoms with Crippen LogP contribution in [0.15, 0.2) is 35.8 Å². The topological polar surface area (TPSA) is 0 Å². The van der Waals surface area contributed by atoms with Crippen molar-refractivity contribution in [3.05, 3.63) is 35.8 Å². The fourth-order valence-corrected chi connectivity index (χ4v) is 1.54. The van der Waals surface area contributed by atoms with Gasteiger partial charge in [-0.3, -0.25) is 0 Å². The van der Waals surface area contributed by atoms with E-state index in [0.29, 0.717) is 5.92 Å². The maximum Gasteiger partial charge on any atom is -0.00473 e. The first-order valence-corrected chi connectivity index (χ1v) is 5.09. The summed E-state index contributed by atoms with van der Waals surface area (Å²) in [6.07, 6.45) is 16.0. The highest BCUT2D eigenvalue weighted by Crippen LogP contribution is 2.16. The number of rotatable bonds is 5. The zero-order chi connectivity index (χ0) is 8.65. The lowest BCUT2D eigenvalue weighted by Crippen LogP contribution is -1.88. The van der Waals surface area contributed by atoms with Gasteiger partial charge in [0.25, 0.3) is 0 Å². The fraction of sp³-hybridized carbons (Fsp3) is 0.455. The largest absolute Gasteiger partial charge is 0.152 e. The summed E-state index contributed by atoms with van der Waals surface area (Å²) < 4.78 is 0. The summed E-state index contributed by atoms with van der Waals surface area (Å²) in [5.74, 6) is 0.713. The lowest BCUT2D eigenvalue weighted by molar-refractivity contribution is 0.628. The van der Waals surface area contributed by atoms with Gasteiger partial charge >= 0.3 is 0 Å². The SMILES string of the molecule is SC=CCCCCC1C=CC=C1. The highest BCUT2D eigenvalue weighted by Gasteiger charge is 2.01. The number of hydrogen-bond donors (Lipinski definition) is 1. The molecule has 0 heterocycles. The minimum Gasteiger partial charge on any atom is -0.152 e. The number of unbranched alkanes of at least 4 members (excludes halogenated alkanes) is 2. The van der Waals surface area contributed by atoms with E-state index in [-0.39, 0.29) is 0 Å². The van der Waals surface area contributed by atoms with Gasteiger partial charge < -0.3 is 0 Å². The van der Waals surface area contributed by atoms with Crippen molar-refractivity contribution < 1.29 is 0 Å². The van der Waals surface area contributed by atoms with E-state index in [9.17, 15) is 0 Å². The standard InChI is InChI=1S/C11H16S/c12-10-6-2-1-3-7-11-8-4-5-9-11/h4-6,8-12H,1-3,7H2. The zero-order valence-corrected chi connectivity index (χ0v) is 8.21. The van der Waals surface area contributed by atoms with Crippen LogP contribution in [0.1, 0.15) is 25.7 Å². The van der Waals surface area contributed by atoms with Gasteiger partial charge in [0.2, 0.25) is 0 Å². The van der Waals surface area contributed by atoms with Gasteiger partial charge in [-0.1, -0.05) is 36.8 Å². The smallest absolute Gasteiger partial charge is 0.00473 e. The van der Waals surface area contributed by atoms with Gasteiger partial charge in [0, 0.05) is 0 Å². The summed E-state index contributed by atoms with van der Waals surface area (Å²) >= 11 is 4.01. The molecule has 0 aromatic heterocycles. The summed E-state index contributed by atoms with van der Waals surface area (Å²) in [5, 5.41) is 1.83. The number of allylic oxidation sites excluding steroid dienone is 5. The lowest BCUT2D eigenvalue weighted by atomic mass is 10.0. The first kappa shape index (κ1) is 9.66. The second kappa shape index (κ2) is 6.13. The van der Waals surface area contributed by atoms with E-state index in [2.05, 4.69) is 43.0 Å². The number of hydrogen-bond acceptors (Lipinski definition) is 1. The van der Waals surface area contributed by atoms with Crippen molar-refractivity contribution in [2.75, 3.05) is 0 Å². The molecule has 0 aromatic rings. The molecule has 0 fully saturated rings. The van der Waals surface area contributed by atoms with E-state index in [1.54, 1.807) is 0 Å². The molecule has 1 aliphatic carbocycles. The van der Waals surface area contributed by atoms with Crippen LogP contribution in [0.3, 0.4) is 0 Å². The van der Waals surface area contributed by atoms with Crippen molar-refractivity contribution >= 4 is 12.6 Å². The normalized spacial score (nSPS) is 16.8. The van der Waals surface area contributed by atoms with Gasteiger partial charge in [-0.05, 0) is 30.6 Å². The molecule has 0 aromatic carbocycles. The van der Waals surface area contributed by atoms with Crippen molar-refractivity contribution in [1.29, 1.82) is 0 Å². The van der Waals surface area contributed by atoms with Gasteiger partial charge in [-0.15, -0.1) is 0 Å². The molecule has 0 atom stereocenters. The van der Waals surface area contributed by atoms with Crippen molar-refractivity contribution in [2.24, 2.45) is 5.92 Å². The molecule has 12 heavy (non-hydrogen) atoms. The van der Waals surface area contributed by atoms with Crippen LogP contribution < -0.4 is 0 Å². The second-order valence-electron chi connectivity index (χ2n) is 3.10. The van der Waals surface area contributed by atoms with Crippen LogP contribution in [0.2, 0.25) is 0 Å². The molecular weight excluding hydrogens is 164 g/mol. The van der Waals surface area contributed by atoms with Crippen LogP contribution in [-0.4, -0.2) is 0 Å². The predicted molar refractivity (Wildman–Crippen MR) is 58.4 cm³/mol. The lowest BCUT2D eigenvalue weighted by Gasteiger charge is -2.02. The Balaban J connectivity index is 1.95. The second-order valence-corrected chi connectivity index (χ2v) is 3.40. The van der Waals surface area contributed by atoms with Crippen molar-refractivity contribution in [3.63, 3.8) is 0 Å². The van der Waals surface area contributed by atoms with Gasteiger partial charge in [-0.25, -0.2) is 0 Å². The Kier molecular flexibility index (Phi) is 4.93. The molecule has 0 nitrogen and oxygen atoms in total. The molecule has 0 radical (unpaired) electrons. The minimum absolute atomic E-state index is 0.713. The van der Waals surface area contributed by atoms with Crippen LogP contribution in [0, 0.1) is 5.92 Å². The van der Waals surface area contributed by atoms with Crippen molar-refractivity contribution in [1.82, 2.24) is 0 Å². The van der Waals surface area contributed by atoms with Crippen LogP contribution in [0.5, 0.6) is 0 Å². The van der Waals surface area contributed by atoms with Gasteiger partial charge in [0.05, 0.1) is 0 Å². The van der Waals surface area contributed by atoms with E-state index in [0.717, 1.165) is 0 Å². The van der Waals surface area contributed by atoms with Crippen LogP contribution in [0.25, 0.3) is 0 Å². The molecule has 0 amide bonds. The van der Waals surface area contributed by atoms with E-state index >= 15 is 0 Å². The van der Waals surface area contributed by atoms with E-state index in [4.69, 9.17) is 0 Å². The first-order valence-electron chi connectivity index (χ1n) is 4.57. The molecule has 1 rings (SSSR count). The average molecular weight is 180 g/mol. The third-order valence-electron chi connectivity index (χ3n) is 2.09. The molecule has 0 saturated heterocycles. The Morgan fingerprint density at radius 2 is 1.92 bits per heavy atom. The van der Waals surface area contributed by atoms with Gasteiger partial charge in [0.1, 0.15) is 0 Å². The van der Waals surface area contributed by atoms with E-state index < -0.39 is 0 Å². The van der Waals surface area contributed by atoms with Crippen molar-refractivity contribution in [2.45, 2.75) is 25.7 Å². The summed E-state index contributed by atoms with van der Waals surface area (Å²) in [7, 11) is 0. The minimum atomic E-state index is 0.713. The highest BCUT2D eigenvalue weighted by atomic mass is 32.1. The summed E-state index contributed by atoms with van der Waals surface area (Å²) in [6.45, 7) is 0. The Labute approximate surface area is 80.5 Å². The molecule has 1 aliphatic rings. The molecule has 0 spiro atoms. The third-order valence-corrected chi connectivity index (χ3v) is 2.30. The van der Waals surface area contributed by atoms with Crippen LogP contribution in [-0.2, 0) is 0 Å². The summed E-state index contributed by atoms with van der Waals surface area (Å²) in [6, 6.07) is 0. The monoisotopic (exact) mass is 180 g/mol. The summed E-state index contributed by atoms with van der Waals surface area (Å²) in [5.41, 5.74) is 0. The third kappa shape index (κ3) is 3.82. The van der Waals surface area contributed by atoms with Crippen LogP contribution >= 0.6 is 12.6 Å².